The van der Waals surface area contributed by atoms with Crippen molar-refractivity contribution >= 4 is 56.7 Å². The minimum atomic E-state index is -0.539. The summed E-state index contributed by atoms with van der Waals surface area (Å²) < 4.78 is 11.4. The molecule has 0 spiro atoms. The average Bonchev–Trinajstić information content (AvgIpc) is 3.50. The van der Waals surface area contributed by atoms with Crippen molar-refractivity contribution in [1.82, 2.24) is 9.80 Å². The Morgan fingerprint density at radius 3 is 2.45 bits per heavy atom. The Bertz CT molecular complexity index is 1440. The number of thiophene rings is 1. The number of anilines is 1. The Morgan fingerprint density at radius 2 is 1.74 bits per heavy atom. The van der Waals surface area contributed by atoms with Gasteiger partial charge in [-0.05, 0) is 24.6 Å². The molecule has 1 saturated heterocycles. The fraction of sp³-hybridized carbons (Fsp3) is 0.250. The molecule has 0 atom stereocenters. The zero-order chi connectivity index (χ0) is 26.6. The molecule has 3 heterocycles. The summed E-state index contributed by atoms with van der Waals surface area (Å²) in [5.74, 6) is -0.661. The molecule has 2 amide bonds. The molecule has 0 bridgehead atoms. The van der Waals surface area contributed by atoms with E-state index < -0.39 is 5.97 Å². The Kier molecular flexibility index (Phi) is 7.78. The van der Waals surface area contributed by atoms with Crippen LogP contribution in [-0.4, -0.2) is 66.9 Å². The number of benzene rings is 2. The van der Waals surface area contributed by atoms with Crippen molar-refractivity contribution in [3.05, 3.63) is 76.3 Å². The highest BCUT2D eigenvalue weighted by molar-refractivity contribution is 7.21. The smallest absolute Gasteiger partial charge is 0.341 e. The maximum absolute atomic E-state index is 13.0. The maximum Gasteiger partial charge on any atom is 0.341 e. The predicted octanol–water partition coefficient (Wildman–Crippen LogP) is 5.39. The molecule has 1 aliphatic heterocycles. The second-order valence-electron chi connectivity index (χ2n) is 8.81. The lowest BCUT2D eigenvalue weighted by Gasteiger charge is -2.33. The highest BCUT2D eigenvalue weighted by atomic mass is 35.5. The number of carbonyl (C=O) groups is 3. The number of carbonyl (C=O) groups excluding carboxylic acids is 3. The van der Waals surface area contributed by atoms with E-state index in [0.29, 0.717) is 52.4 Å². The second kappa shape index (κ2) is 11.4. The molecule has 1 aliphatic rings. The number of ether oxygens (including phenoxy) is 1. The van der Waals surface area contributed by atoms with Gasteiger partial charge in [0.1, 0.15) is 20.5 Å². The van der Waals surface area contributed by atoms with Crippen LogP contribution in [0.5, 0.6) is 0 Å². The Morgan fingerprint density at radius 1 is 1.03 bits per heavy atom. The number of nitrogens with one attached hydrogen (secondary N) is 1. The first-order valence-electron chi connectivity index (χ1n) is 12.3. The van der Waals surface area contributed by atoms with Gasteiger partial charge in [-0.2, -0.15) is 0 Å². The van der Waals surface area contributed by atoms with Crippen molar-refractivity contribution in [2.24, 2.45) is 0 Å². The highest BCUT2D eigenvalue weighted by Gasteiger charge is 2.28. The van der Waals surface area contributed by atoms with Gasteiger partial charge in [0.2, 0.25) is 5.91 Å². The summed E-state index contributed by atoms with van der Waals surface area (Å²) in [7, 11) is 0. The highest BCUT2D eigenvalue weighted by Crippen LogP contribution is 2.44. The van der Waals surface area contributed by atoms with E-state index in [1.807, 2.05) is 59.5 Å². The lowest BCUT2D eigenvalue weighted by molar-refractivity contribution is -0.117. The zero-order valence-electron chi connectivity index (χ0n) is 20.7. The number of para-hydroxylation sites is 1. The van der Waals surface area contributed by atoms with Crippen LogP contribution in [0.25, 0.3) is 22.1 Å². The van der Waals surface area contributed by atoms with Gasteiger partial charge in [0, 0.05) is 37.1 Å². The first-order valence-corrected chi connectivity index (χ1v) is 13.5. The summed E-state index contributed by atoms with van der Waals surface area (Å²) in [6.07, 6.45) is 0. The number of fused-ring (bicyclic) bond motifs is 1. The van der Waals surface area contributed by atoms with Gasteiger partial charge in [0.15, 0.2) is 5.76 Å². The molecule has 0 radical (unpaired) electrons. The lowest BCUT2D eigenvalue weighted by Crippen LogP contribution is -2.50. The largest absolute Gasteiger partial charge is 0.462 e. The monoisotopic (exact) mass is 551 g/mol. The van der Waals surface area contributed by atoms with Crippen molar-refractivity contribution < 1.29 is 23.5 Å². The molecule has 2 aromatic heterocycles. The van der Waals surface area contributed by atoms with Crippen molar-refractivity contribution in [1.29, 1.82) is 0 Å². The Labute approximate surface area is 228 Å². The average molecular weight is 552 g/mol. The lowest BCUT2D eigenvalue weighted by atomic mass is 10.0. The molecule has 4 aromatic rings. The SMILES string of the molecule is CCOC(=O)c1c(NC(=O)CN2CCN(C(=O)c3cc4ccccc4o3)CC2)sc(Cl)c1-c1ccccc1. The van der Waals surface area contributed by atoms with Gasteiger partial charge >= 0.3 is 5.97 Å². The maximum atomic E-state index is 13.0. The standard InChI is InChI=1S/C28H26ClN3O5S/c1-2-36-28(35)24-23(18-8-4-3-5-9-18)25(29)38-26(24)30-22(33)17-31-12-14-32(15-13-31)27(34)21-16-19-10-6-7-11-20(19)37-21/h3-11,16H,2,12-15,17H2,1H3,(H,30,33). The minimum Gasteiger partial charge on any atom is -0.462 e. The van der Waals surface area contributed by atoms with Gasteiger partial charge in [0.05, 0.1) is 13.2 Å². The van der Waals surface area contributed by atoms with Crippen LogP contribution >= 0.6 is 22.9 Å². The molecular formula is C28H26ClN3O5S. The molecule has 10 heteroatoms. The number of hydrogen-bond acceptors (Lipinski definition) is 7. The van der Waals surface area contributed by atoms with Gasteiger partial charge in [-0.1, -0.05) is 60.1 Å². The molecule has 8 nitrogen and oxygen atoms in total. The van der Waals surface area contributed by atoms with Gasteiger partial charge in [-0.25, -0.2) is 4.79 Å². The fourth-order valence-corrected chi connectivity index (χ4v) is 5.86. The third-order valence-electron chi connectivity index (χ3n) is 6.32. The van der Waals surface area contributed by atoms with Crippen molar-refractivity contribution in [2.45, 2.75) is 6.92 Å². The van der Waals surface area contributed by atoms with Crippen LogP contribution in [0.2, 0.25) is 4.34 Å². The number of amides is 2. The van der Waals surface area contributed by atoms with Gasteiger partial charge < -0.3 is 19.4 Å². The zero-order valence-corrected chi connectivity index (χ0v) is 22.3. The predicted molar refractivity (Wildman–Crippen MR) is 148 cm³/mol. The van der Waals surface area contributed by atoms with Crippen LogP contribution in [0.15, 0.2) is 65.1 Å². The summed E-state index contributed by atoms with van der Waals surface area (Å²) in [6.45, 7) is 4.05. The summed E-state index contributed by atoms with van der Waals surface area (Å²) in [5.41, 5.74) is 2.24. The molecule has 38 heavy (non-hydrogen) atoms. The summed E-state index contributed by atoms with van der Waals surface area (Å²) in [4.78, 5) is 42.4. The molecule has 1 fully saturated rings. The van der Waals surface area contributed by atoms with Crippen LogP contribution < -0.4 is 5.32 Å². The quantitative estimate of drug-likeness (QED) is 0.310. The number of rotatable bonds is 7. The molecule has 1 N–H and O–H groups in total. The molecule has 0 unspecified atom stereocenters. The van der Waals surface area contributed by atoms with E-state index in [0.717, 1.165) is 22.3 Å². The summed E-state index contributed by atoms with van der Waals surface area (Å²) in [5, 5.41) is 4.10. The number of piperazine rings is 1. The minimum absolute atomic E-state index is 0.116. The van der Waals surface area contributed by atoms with Gasteiger partial charge in [0.25, 0.3) is 5.91 Å². The summed E-state index contributed by atoms with van der Waals surface area (Å²) >= 11 is 7.66. The second-order valence-corrected chi connectivity index (χ2v) is 10.4. The van der Waals surface area contributed by atoms with Gasteiger partial charge in [-0.3, -0.25) is 14.5 Å². The third-order valence-corrected chi connectivity index (χ3v) is 7.64. The van der Waals surface area contributed by atoms with Crippen LogP contribution in [0.4, 0.5) is 5.00 Å². The normalized spacial score (nSPS) is 14.0. The van der Waals surface area contributed by atoms with E-state index in [2.05, 4.69) is 5.32 Å². The Hall–Kier alpha value is -3.66. The Balaban J connectivity index is 1.23. The van der Waals surface area contributed by atoms with E-state index >= 15 is 0 Å². The van der Waals surface area contributed by atoms with Crippen molar-refractivity contribution in [3.8, 4) is 11.1 Å². The molecule has 0 aliphatic carbocycles. The number of hydrogen-bond donors (Lipinski definition) is 1. The van der Waals surface area contributed by atoms with Crippen LogP contribution in [0.1, 0.15) is 27.8 Å². The number of nitrogens with zero attached hydrogens (tertiary/aromatic N) is 2. The third kappa shape index (κ3) is 5.45. The van der Waals surface area contributed by atoms with E-state index in [1.165, 1.54) is 0 Å². The van der Waals surface area contributed by atoms with E-state index in [4.69, 9.17) is 20.8 Å². The molecule has 196 valence electrons. The van der Waals surface area contributed by atoms with E-state index in [9.17, 15) is 14.4 Å². The summed E-state index contributed by atoms with van der Waals surface area (Å²) in [6, 6.07) is 18.6. The molecular weight excluding hydrogens is 526 g/mol. The van der Waals surface area contributed by atoms with Crippen LogP contribution in [-0.2, 0) is 9.53 Å². The number of esters is 1. The van der Waals surface area contributed by atoms with Crippen molar-refractivity contribution in [3.63, 3.8) is 0 Å². The van der Waals surface area contributed by atoms with Crippen molar-refractivity contribution in [2.75, 3.05) is 44.6 Å². The number of furan rings is 1. The van der Waals surface area contributed by atoms with Crippen LogP contribution in [0.3, 0.4) is 0 Å². The topological polar surface area (TPSA) is 92.1 Å². The van der Waals surface area contributed by atoms with E-state index in [1.54, 1.807) is 17.9 Å². The van der Waals surface area contributed by atoms with E-state index in [-0.39, 0.29) is 30.5 Å². The molecule has 5 rings (SSSR count). The first kappa shape index (κ1) is 26.0. The first-order chi connectivity index (χ1) is 18.4. The fourth-order valence-electron chi connectivity index (χ4n) is 4.47. The molecule has 2 aromatic carbocycles. The molecule has 0 saturated carbocycles. The van der Waals surface area contributed by atoms with Crippen LogP contribution in [0, 0.1) is 0 Å². The van der Waals surface area contributed by atoms with Gasteiger partial charge in [-0.15, -0.1) is 11.3 Å². The number of halogens is 1.